The first kappa shape index (κ1) is 14.1. The third-order valence-electron chi connectivity index (χ3n) is 2.83. The molecule has 0 amide bonds. The van der Waals surface area contributed by atoms with Crippen molar-refractivity contribution in [1.82, 2.24) is 0 Å². The minimum absolute atomic E-state index is 0.122. The van der Waals surface area contributed by atoms with Crippen LogP contribution in [-0.4, -0.2) is 24.4 Å². The highest BCUT2D eigenvalue weighted by atomic mass is 32.2. The number of aromatic hydroxyl groups is 2. The third-order valence-corrected chi connectivity index (χ3v) is 4.50. The summed E-state index contributed by atoms with van der Waals surface area (Å²) in [6.07, 6.45) is 1.28. The van der Waals surface area contributed by atoms with Gasteiger partial charge < -0.3 is 10.2 Å². The molecule has 0 aliphatic rings. The summed E-state index contributed by atoms with van der Waals surface area (Å²) >= 11 is 0. The Kier molecular flexibility index (Phi) is 3.81. The van der Waals surface area contributed by atoms with Crippen molar-refractivity contribution >= 4 is 9.84 Å². The molecule has 2 rings (SSSR count). The molecule has 0 aromatic heterocycles. The Balaban J connectivity index is 2.54. The van der Waals surface area contributed by atoms with Crippen molar-refractivity contribution in [2.45, 2.75) is 4.90 Å². The lowest BCUT2D eigenvalue weighted by molar-refractivity contribution is 0.459. The Hall–Kier alpha value is -2.27. The molecule has 0 aliphatic carbocycles. The number of sulfone groups is 1. The van der Waals surface area contributed by atoms with Gasteiger partial charge in [-0.3, -0.25) is 0 Å². The van der Waals surface area contributed by atoms with Crippen LogP contribution in [0, 0.1) is 0 Å². The number of phenols is 2. The predicted molar refractivity (Wildman–Crippen MR) is 77.5 cm³/mol. The van der Waals surface area contributed by atoms with Crippen molar-refractivity contribution in [3.05, 3.63) is 55.1 Å². The van der Waals surface area contributed by atoms with E-state index < -0.39 is 9.84 Å². The summed E-state index contributed by atoms with van der Waals surface area (Å²) < 4.78 is 24.0. The van der Waals surface area contributed by atoms with Gasteiger partial charge in [0.25, 0.3) is 0 Å². The van der Waals surface area contributed by atoms with E-state index in [4.69, 9.17) is 0 Å². The molecule has 20 heavy (non-hydrogen) atoms. The number of rotatable bonds is 4. The summed E-state index contributed by atoms with van der Waals surface area (Å²) in [5.74, 6) is -0.388. The van der Waals surface area contributed by atoms with Crippen LogP contribution in [0.4, 0.5) is 0 Å². The summed E-state index contributed by atoms with van der Waals surface area (Å²) in [5, 5.41) is 19.0. The molecule has 0 saturated carbocycles. The zero-order chi connectivity index (χ0) is 14.8. The first-order chi connectivity index (χ1) is 9.44. The largest absolute Gasteiger partial charge is 0.508 e. The monoisotopic (exact) mass is 290 g/mol. The minimum atomic E-state index is -3.60. The Morgan fingerprint density at radius 1 is 1.00 bits per heavy atom. The molecule has 104 valence electrons. The van der Waals surface area contributed by atoms with Gasteiger partial charge in [-0.2, -0.15) is 0 Å². The highest BCUT2D eigenvalue weighted by Crippen LogP contribution is 2.30. The maximum Gasteiger partial charge on any atom is 0.185 e. The van der Waals surface area contributed by atoms with E-state index in [1.807, 2.05) is 0 Å². The fraction of sp³-hybridized carbons (Fsp3) is 0.0667. The molecule has 0 aliphatic heterocycles. The van der Waals surface area contributed by atoms with E-state index in [0.717, 1.165) is 5.56 Å². The van der Waals surface area contributed by atoms with Gasteiger partial charge >= 0.3 is 0 Å². The molecule has 5 heteroatoms. The van der Waals surface area contributed by atoms with Gasteiger partial charge in [0.1, 0.15) is 16.4 Å². The first-order valence-electron chi connectivity index (χ1n) is 5.90. The molecule has 0 radical (unpaired) electrons. The van der Waals surface area contributed by atoms with Crippen LogP contribution in [0.1, 0.15) is 0 Å². The molecule has 4 nitrogen and oxygen atoms in total. The van der Waals surface area contributed by atoms with E-state index in [9.17, 15) is 18.6 Å². The Morgan fingerprint density at radius 3 is 2.20 bits per heavy atom. The van der Waals surface area contributed by atoms with Crippen LogP contribution in [0.25, 0.3) is 11.1 Å². The molecule has 0 unspecified atom stereocenters. The normalized spacial score (nSPS) is 11.2. The lowest BCUT2D eigenvalue weighted by Crippen LogP contribution is -2.05. The topological polar surface area (TPSA) is 74.6 Å². The Morgan fingerprint density at radius 2 is 1.60 bits per heavy atom. The fourth-order valence-electron chi connectivity index (χ4n) is 1.84. The average molecular weight is 290 g/mol. The van der Waals surface area contributed by atoms with Crippen molar-refractivity contribution in [3.8, 4) is 22.6 Å². The van der Waals surface area contributed by atoms with Gasteiger partial charge in [-0.1, -0.05) is 24.3 Å². The molecular formula is C15H14O4S. The lowest BCUT2D eigenvalue weighted by Gasteiger charge is -2.08. The summed E-state index contributed by atoms with van der Waals surface area (Å²) in [5.41, 5.74) is 1.39. The van der Waals surface area contributed by atoms with Crippen molar-refractivity contribution < 1.29 is 18.6 Å². The van der Waals surface area contributed by atoms with Gasteiger partial charge in [0.15, 0.2) is 9.84 Å². The second-order valence-electron chi connectivity index (χ2n) is 4.30. The van der Waals surface area contributed by atoms with Crippen LogP contribution in [0.2, 0.25) is 0 Å². The maximum atomic E-state index is 12.0. The average Bonchev–Trinajstić information content (AvgIpc) is 2.40. The van der Waals surface area contributed by atoms with Gasteiger partial charge in [-0.15, -0.1) is 6.58 Å². The maximum absolute atomic E-state index is 12.0. The smallest absolute Gasteiger partial charge is 0.185 e. The van der Waals surface area contributed by atoms with E-state index >= 15 is 0 Å². The Bertz CT molecular complexity index is 731. The van der Waals surface area contributed by atoms with Crippen molar-refractivity contribution in [3.63, 3.8) is 0 Å². The molecule has 0 spiro atoms. The first-order valence-corrected chi connectivity index (χ1v) is 7.55. The third kappa shape index (κ3) is 2.83. The SMILES string of the molecule is C=CCS(=O)(=O)c1cc(-c2ccc(O)cc2)ccc1O. The van der Waals surface area contributed by atoms with E-state index in [2.05, 4.69) is 6.58 Å². The van der Waals surface area contributed by atoms with Crippen LogP contribution in [0.5, 0.6) is 11.5 Å². The van der Waals surface area contributed by atoms with Crippen LogP contribution in [-0.2, 0) is 9.84 Å². The van der Waals surface area contributed by atoms with Gasteiger partial charge in [0.05, 0.1) is 5.75 Å². The zero-order valence-corrected chi connectivity index (χ0v) is 11.5. The van der Waals surface area contributed by atoms with Crippen molar-refractivity contribution in [1.29, 1.82) is 0 Å². The molecule has 2 N–H and O–H groups in total. The van der Waals surface area contributed by atoms with Crippen LogP contribution in [0.15, 0.2) is 60.0 Å². The molecular weight excluding hydrogens is 276 g/mol. The number of benzene rings is 2. The van der Waals surface area contributed by atoms with Crippen LogP contribution in [0.3, 0.4) is 0 Å². The molecule has 2 aromatic rings. The molecule has 0 fully saturated rings. The molecule has 2 aromatic carbocycles. The predicted octanol–water partition coefficient (Wildman–Crippen LogP) is 2.72. The summed E-state index contributed by atoms with van der Waals surface area (Å²) in [4.78, 5) is -0.122. The second-order valence-corrected chi connectivity index (χ2v) is 6.30. The summed E-state index contributed by atoms with van der Waals surface area (Å²) in [6, 6.07) is 10.8. The highest BCUT2D eigenvalue weighted by Gasteiger charge is 2.18. The number of hydrogen-bond donors (Lipinski definition) is 2. The molecule has 0 saturated heterocycles. The van der Waals surface area contributed by atoms with Gasteiger partial charge in [0.2, 0.25) is 0 Å². The van der Waals surface area contributed by atoms with E-state index in [1.165, 1.54) is 30.3 Å². The van der Waals surface area contributed by atoms with E-state index in [0.29, 0.717) is 5.56 Å². The van der Waals surface area contributed by atoms with Gasteiger partial charge in [0, 0.05) is 0 Å². The molecule has 0 heterocycles. The minimum Gasteiger partial charge on any atom is -0.508 e. The van der Waals surface area contributed by atoms with E-state index in [1.54, 1.807) is 18.2 Å². The Labute approximate surface area is 117 Å². The summed E-state index contributed by atoms with van der Waals surface area (Å²) in [7, 11) is -3.60. The fourth-order valence-corrected chi connectivity index (χ4v) is 3.02. The van der Waals surface area contributed by atoms with Crippen LogP contribution < -0.4 is 0 Å². The number of hydrogen-bond acceptors (Lipinski definition) is 4. The molecule has 0 bridgehead atoms. The number of phenolic OH excluding ortho intramolecular Hbond substituents is 2. The quantitative estimate of drug-likeness (QED) is 0.849. The lowest BCUT2D eigenvalue weighted by atomic mass is 10.1. The van der Waals surface area contributed by atoms with Gasteiger partial charge in [-0.05, 0) is 35.4 Å². The van der Waals surface area contributed by atoms with Crippen LogP contribution >= 0.6 is 0 Å². The van der Waals surface area contributed by atoms with Crippen molar-refractivity contribution in [2.75, 3.05) is 5.75 Å². The van der Waals surface area contributed by atoms with Crippen molar-refractivity contribution in [2.24, 2.45) is 0 Å². The highest BCUT2D eigenvalue weighted by molar-refractivity contribution is 7.91. The van der Waals surface area contributed by atoms with E-state index in [-0.39, 0.29) is 22.1 Å². The second kappa shape index (κ2) is 5.38. The summed E-state index contributed by atoms with van der Waals surface area (Å²) in [6.45, 7) is 3.40. The van der Waals surface area contributed by atoms with Gasteiger partial charge in [-0.25, -0.2) is 8.42 Å². The molecule has 0 atom stereocenters. The zero-order valence-electron chi connectivity index (χ0n) is 10.7. The standard InChI is InChI=1S/C15H14O4S/c1-2-9-20(18,19)15-10-12(5-8-14(15)17)11-3-6-13(16)7-4-11/h2-8,10,16-17H,1,9H2.